The smallest absolute Gasteiger partial charge is 0.221 e. The molecule has 3 heterocycles. The highest BCUT2D eigenvalue weighted by molar-refractivity contribution is 5.92. The quantitative estimate of drug-likeness (QED) is 0.324. The van der Waals surface area contributed by atoms with Crippen LogP contribution in [0.3, 0.4) is 0 Å². The zero-order valence-corrected chi connectivity index (χ0v) is 20.3. The molecule has 0 unspecified atom stereocenters. The van der Waals surface area contributed by atoms with Crippen LogP contribution < -0.4 is 0 Å². The van der Waals surface area contributed by atoms with Crippen LogP contribution in [0.2, 0.25) is 0 Å². The number of hydrogen-bond acceptors (Lipinski definition) is 6. The monoisotopic (exact) mass is 460 g/mol. The Morgan fingerprint density at radius 1 is 1.06 bits per heavy atom. The lowest BCUT2D eigenvalue weighted by Crippen LogP contribution is -2.09. The fourth-order valence-electron chi connectivity index (χ4n) is 4.04. The third kappa shape index (κ3) is 4.98. The second-order valence-electron chi connectivity index (χ2n) is 8.82. The minimum atomic E-state index is 0.0113. The van der Waals surface area contributed by atoms with Gasteiger partial charge in [-0.2, -0.15) is 5.21 Å². The summed E-state index contributed by atoms with van der Waals surface area (Å²) >= 11 is 0. The zero-order valence-electron chi connectivity index (χ0n) is 20.3. The minimum Gasteiger partial charge on any atom is -0.310 e. The molecule has 1 aromatic carbocycles. The molecule has 9 nitrogen and oxygen atoms in total. The van der Waals surface area contributed by atoms with Crippen LogP contribution in [-0.2, 0) is 13.0 Å². The first kappa shape index (κ1) is 23.5. The maximum atomic E-state index is 12.4. The van der Waals surface area contributed by atoms with E-state index in [-0.39, 0.29) is 5.78 Å². The summed E-state index contributed by atoms with van der Waals surface area (Å²) in [5, 5.41) is 19.1. The maximum Gasteiger partial charge on any atom is 0.221 e. The molecule has 9 heteroatoms. The van der Waals surface area contributed by atoms with E-state index < -0.39 is 0 Å². The van der Waals surface area contributed by atoms with Gasteiger partial charge in [0.15, 0.2) is 0 Å². The summed E-state index contributed by atoms with van der Waals surface area (Å²) in [7, 11) is 0. The Kier molecular flexibility index (Phi) is 7.30. The number of aromatic nitrogens is 8. The zero-order chi connectivity index (χ0) is 24.1. The third-order valence-electron chi connectivity index (χ3n) is 5.83. The number of nitrogens with zero attached hydrogens (tertiary/aromatic N) is 7. The highest BCUT2D eigenvalue weighted by Gasteiger charge is 2.18. The van der Waals surface area contributed by atoms with E-state index in [1.54, 1.807) is 0 Å². The van der Waals surface area contributed by atoms with Crippen LogP contribution in [0.15, 0.2) is 36.4 Å². The van der Waals surface area contributed by atoms with E-state index in [0.29, 0.717) is 30.5 Å². The number of benzene rings is 1. The number of aryl methyl sites for hydroxylation is 1. The number of Topliss-reactive ketones (excluding diaryl/α,β-unsaturated/α-hetero) is 1. The van der Waals surface area contributed by atoms with E-state index in [2.05, 4.69) is 86.4 Å². The van der Waals surface area contributed by atoms with Crippen LogP contribution in [0.4, 0.5) is 0 Å². The predicted molar refractivity (Wildman–Crippen MR) is 130 cm³/mol. The van der Waals surface area contributed by atoms with E-state index >= 15 is 0 Å². The molecule has 178 valence electrons. The number of carbonyl (C=O) groups excluding carboxylic acids is 1. The molecule has 0 saturated carbocycles. The Morgan fingerprint density at radius 2 is 1.85 bits per heavy atom. The fourth-order valence-corrected chi connectivity index (χ4v) is 4.04. The predicted octanol–water partition coefficient (Wildman–Crippen LogP) is 4.75. The molecule has 34 heavy (non-hydrogen) atoms. The number of rotatable bonds is 11. The van der Waals surface area contributed by atoms with Gasteiger partial charge in [-0.3, -0.25) is 4.79 Å². The summed E-state index contributed by atoms with van der Waals surface area (Å²) in [4.78, 5) is 16.9. The summed E-state index contributed by atoms with van der Waals surface area (Å²) in [6.45, 7) is 9.05. The van der Waals surface area contributed by atoms with Gasteiger partial charge in [-0.1, -0.05) is 46.2 Å². The average molecular weight is 461 g/mol. The fraction of sp³-hybridized carbons (Fsp3) is 0.440. The van der Waals surface area contributed by atoms with E-state index in [9.17, 15) is 4.79 Å². The molecule has 0 aliphatic heterocycles. The summed E-state index contributed by atoms with van der Waals surface area (Å²) in [5.74, 6) is 2.11. The van der Waals surface area contributed by atoms with Crippen molar-refractivity contribution in [3.8, 4) is 17.2 Å². The molecule has 4 aromatic rings. The molecular formula is C25H32N8O. The Hall–Kier alpha value is -3.62. The van der Waals surface area contributed by atoms with Gasteiger partial charge in [-0.25, -0.2) is 9.67 Å². The first-order chi connectivity index (χ1) is 16.5. The topological polar surface area (TPSA) is 107 Å². The second-order valence-corrected chi connectivity index (χ2v) is 8.82. The number of nitrogens with one attached hydrogen (secondary N) is 1. The van der Waals surface area contributed by atoms with Crippen molar-refractivity contribution < 1.29 is 4.79 Å². The number of hydrogen-bond donors (Lipinski definition) is 1. The van der Waals surface area contributed by atoms with Gasteiger partial charge in [0.25, 0.3) is 0 Å². The van der Waals surface area contributed by atoms with Crippen LogP contribution in [0.5, 0.6) is 0 Å². The summed E-state index contributed by atoms with van der Waals surface area (Å²) in [5.41, 5.74) is 4.19. The first-order valence-corrected chi connectivity index (χ1v) is 12.0. The molecule has 0 atom stereocenters. The number of H-pyrrole nitrogens is 1. The molecular weight excluding hydrogens is 428 g/mol. The maximum absolute atomic E-state index is 12.4. The third-order valence-corrected chi connectivity index (χ3v) is 5.83. The molecule has 0 radical (unpaired) electrons. The van der Waals surface area contributed by atoms with E-state index in [1.165, 1.54) is 5.69 Å². The first-order valence-electron chi connectivity index (χ1n) is 12.0. The minimum absolute atomic E-state index is 0.0113. The molecule has 4 rings (SSSR count). The lowest BCUT2D eigenvalue weighted by atomic mass is 10.1. The van der Waals surface area contributed by atoms with Gasteiger partial charge in [-0.15, -0.1) is 15.3 Å². The molecule has 0 aliphatic rings. The van der Waals surface area contributed by atoms with Gasteiger partial charge in [0.1, 0.15) is 5.82 Å². The average Bonchev–Trinajstić information content (AvgIpc) is 3.58. The van der Waals surface area contributed by atoms with E-state index in [1.807, 2.05) is 17.7 Å². The lowest BCUT2D eigenvalue weighted by molar-refractivity contribution is 0.0971. The van der Waals surface area contributed by atoms with Crippen molar-refractivity contribution in [2.24, 2.45) is 0 Å². The van der Waals surface area contributed by atoms with Crippen molar-refractivity contribution in [3.05, 3.63) is 59.3 Å². The van der Waals surface area contributed by atoms with E-state index in [0.717, 1.165) is 48.5 Å². The van der Waals surface area contributed by atoms with Crippen LogP contribution in [0.25, 0.3) is 17.2 Å². The molecule has 3 aromatic heterocycles. The van der Waals surface area contributed by atoms with Gasteiger partial charge in [0.2, 0.25) is 17.4 Å². The van der Waals surface area contributed by atoms with Crippen LogP contribution in [0.1, 0.15) is 87.0 Å². The van der Waals surface area contributed by atoms with Crippen molar-refractivity contribution in [1.82, 2.24) is 40.0 Å². The molecule has 0 spiro atoms. The summed E-state index contributed by atoms with van der Waals surface area (Å²) < 4.78 is 4.05. The van der Waals surface area contributed by atoms with Crippen LogP contribution >= 0.6 is 0 Å². The number of unbranched alkanes of at least 4 members (excludes halogenated alkanes) is 1. The number of carbonyl (C=O) groups is 1. The Bertz CT molecular complexity index is 1220. The van der Waals surface area contributed by atoms with Crippen molar-refractivity contribution in [2.45, 2.75) is 72.3 Å². The lowest BCUT2D eigenvalue weighted by Gasteiger charge is -2.15. The second kappa shape index (κ2) is 10.5. The Labute approximate surface area is 199 Å². The molecule has 0 bridgehead atoms. The van der Waals surface area contributed by atoms with Crippen molar-refractivity contribution >= 4 is 5.78 Å². The largest absolute Gasteiger partial charge is 0.310 e. The molecule has 0 saturated heterocycles. The van der Waals surface area contributed by atoms with Gasteiger partial charge < -0.3 is 4.57 Å². The van der Waals surface area contributed by atoms with Crippen molar-refractivity contribution in [1.29, 1.82) is 0 Å². The van der Waals surface area contributed by atoms with Gasteiger partial charge >= 0.3 is 0 Å². The van der Waals surface area contributed by atoms with Gasteiger partial charge in [0, 0.05) is 24.2 Å². The Morgan fingerprint density at radius 3 is 2.50 bits per heavy atom. The molecule has 0 amide bonds. The highest BCUT2D eigenvalue weighted by Crippen LogP contribution is 2.28. The SMILES string of the molecule is CCCCc1nc(C(=O)CCC)nn1Cc1ccc(-n2c(-c3nn[nH]n3)ccc2C(C)C)cc1. The molecule has 0 aliphatic carbocycles. The standard InChI is InChI=1S/C25H32N8O/c1-5-7-9-23-26-25(22(34)8-6-2)29-32(23)16-18-10-12-19(13-11-18)33-20(17(3)4)14-15-21(33)24-27-30-31-28-24/h10-15,17H,5-9,16H2,1-4H3,(H,27,28,30,31). The summed E-state index contributed by atoms with van der Waals surface area (Å²) in [6, 6.07) is 12.5. The van der Waals surface area contributed by atoms with Crippen LogP contribution in [0, 0.1) is 0 Å². The normalized spacial score (nSPS) is 11.4. The van der Waals surface area contributed by atoms with Gasteiger partial charge in [-0.05, 0) is 53.8 Å². The molecule has 0 fully saturated rings. The van der Waals surface area contributed by atoms with E-state index in [4.69, 9.17) is 0 Å². The number of tetrazole rings is 1. The summed E-state index contributed by atoms with van der Waals surface area (Å²) in [6.07, 6.45) is 4.17. The highest BCUT2D eigenvalue weighted by atomic mass is 16.1. The van der Waals surface area contributed by atoms with Gasteiger partial charge in [0.05, 0.1) is 12.2 Å². The van der Waals surface area contributed by atoms with Crippen molar-refractivity contribution in [3.63, 3.8) is 0 Å². The number of aromatic amines is 1. The van der Waals surface area contributed by atoms with Crippen LogP contribution in [-0.4, -0.2) is 45.7 Å². The van der Waals surface area contributed by atoms with Crippen molar-refractivity contribution in [2.75, 3.05) is 0 Å². The molecule has 1 N–H and O–H groups in total. The number of ketones is 1. The Balaban J connectivity index is 1.62.